The van der Waals surface area contributed by atoms with Gasteiger partial charge in [-0.1, -0.05) is 6.07 Å². The van der Waals surface area contributed by atoms with E-state index in [1.165, 1.54) is 24.7 Å². The minimum atomic E-state index is -3.35. The Kier molecular flexibility index (Phi) is 4.60. The Bertz CT molecular complexity index is 1530. The average Bonchev–Trinajstić information content (AvgIpc) is 3.43. The first kappa shape index (κ1) is 19.5. The van der Waals surface area contributed by atoms with E-state index in [2.05, 4.69) is 25.1 Å². The lowest BCUT2D eigenvalue weighted by molar-refractivity contribution is 0.603. The molecule has 0 spiro atoms. The van der Waals surface area contributed by atoms with Crippen LogP contribution in [0.25, 0.3) is 44.0 Å². The van der Waals surface area contributed by atoms with E-state index in [9.17, 15) is 12.8 Å². The smallest absolute Gasteiger partial charge is 0.186 e. The Labute approximate surface area is 180 Å². The number of benzene rings is 2. The minimum Gasteiger partial charge on any atom is -0.277 e. The summed E-state index contributed by atoms with van der Waals surface area (Å²) in [6, 6.07) is 11.9. The summed E-state index contributed by atoms with van der Waals surface area (Å²) in [4.78, 5) is 12.9. The molecule has 3 heterocycles. The van der Waals surface area contributed by atoms with Gasteiger partial charge in [0.1, 0.15) is 27.1 Å². The summed E-state index contributed by atoms with van der Waals surface area (Å²) in [6.45, 7) is 0. The van der Waals surface area contributed by atoms with Gasteiger partial charge in [0.05, 0.1) is 23.6 Å². The summed E-state index contributed by atoms with van der Waals surface area (Å²) in [7, 11) is -3.35. The molecule has 1 N–H and O–H groups in total. The Morgan fingerprint density at radius 2 is 1.74 bits per heavy atom. The van der Waals surface area contributed by atoms with Crippen LogP contribution in [0.5, 0.6) is 0 Å². The molecule has 0 radical (unpaired) electrons. The molecule has 0 atom stereocenters. The number of halogens is 1. The zero-order valence-electron chi connectivity index (χ0n) is 16.1. The molecule has 154 valence electrons. The first-order valence-corrected chi connectivity index (χ1v) is 11.8. The second kappa shape index (κ2) is 7.33. The van der Waals surface area contributed by atoms with Gasteiger partial charge in [0.2, 0.25) is 0 Å². The van der Waals surface area contributed by atoms with Crippen LogP contribution in [-0.2, 0) is 9.84 Å². The average molecular weight is 452 g/mol. The van der Waals surface area contributed by atoms with Gasteiger partial charge in [0.15, 0.2) is 9.84 Å². The zero-order valence-corrected chi connectivity index (χ0v) is 17.7. The highest BCUT2D eigenvalue weighted by Crippen LogP contribution is 2.35. The number of hydrogen-bond acceptors (Lipinski definition) is 7. The number of rotatable bonds is 4. The van der Waals surface area contributed by atoms with Crippen molar-refractivity contribution in [3.63, 3.8) is 0 Å². The lowest BCUT2D eigenvalue weighted by Gasteiger charge is -2.07. The van der Waals surface area contributed by atoms with Gasteiger partial charge >= 0.3 is 0 Å². The van der Waals surface area contributed by atoms with Crippen molar-refractivity contribution >= 4 is 32.1 Å². The van der Waals surface area contributed by atoms with Crippen LogP contribution in [0.2, 0.25) is 0 Å². The summed E-state index contributed by atoms with van der Waals surface area (Å²) in [5.74, 6) is -0.311. The van der Waals surface area contributed by atoms with Crippen LogP contribution in [-0.4, -0.2) is 39.8 Å². The number of H-pyrrole nitrogens is 1. The molecule has 10 heteroatoms. The van der Waals surface area contributed by atoms with Crippen LogP contribution in [0.4, 0.5) is 4.39 Å². The summed E-state index contributed by atoms with van der Waals surface area (Å²) in [5, 5.41) is 8.37. The molecule has 3 aromatic heterocycles. The fourth-order valence-corrected chi connectivity index (χ4v) is 5.02. The molecular formula is C21H14FN5O2S2. The normalized spacial score (nSPS) is 11.8. The van der Waals surface area contributed by atoms with Crippen LogP contribution in [0.1, 0.15) is 0 Å². The fraction of sp³-hybridized carbons (Fsp3) is 0.0476. The predicted octanol–water partition coefficient (Wildman–Crippen LogP) is 4.35. The van der Waals surface area contributed by atoms with Crippen molar-refractivity contribution in [2.75, 3.05) is 6.26 Å². The van der Waals surface area contributed by atoms with E-state index in [-0.39, 0.29) is 10.0 Å². The standard InChI is InChI=1S/C21H14FN5O2S2/c1-31(28,29)18-10-23-21(30-18)20-15-8-13(4-7-17(15)24-11-25-20)16-9-26-27-19(16)12-2-5-14(22)6-3-12/h2-11H,1H3,(H,26,27). The molecular weight excluding hydrogens is 437 g/mol. The number of nitrogens with zero attached hydrogens (tertiary/aromatic N) is 4. The van der Waals surface area contributed by atoms with Crippen molar-refractivity contribution in [2.24, 2.45) is 0 Å². The number of sulfone groups is 1. The van der Waals surface area contributed by atoms with E-state index in [0.29, 0.717) is 16.2 Å². The number of aromatic amines is 1. The van der Waals surface area contributed by atoms with Crippen LogP contribution in [0, 0.1) is 5.82 Å². The van der Waals surface area contributed by atoms with Gasteiger partial charge in [0, 0.05) is 22.8 Å². The van der Waals surface area contributed by atoms with Gasteiger partial charge in [-0.15, -0.1) is 11.3 Å². The van der Waals surface area contributed by atoms with E-state index in [4.69, 9.17) is 0 Å². The first-order valence-electron chi connectivity index (χ1n) is 9.11. The Morgan fingerprint density at radius 1 is 0.968 bits per heavy atom. The third-order valence-electron chi connectivity index (χ3n) is 4.77. The van der Waals surface area contributed by atoms with Crippen LogP contribution < -0.4 is 0 Å². The van der Waals surface area contributed by atoms with Gasteiger partial charge in [-0.25, -0.2) is 27.8 Å². The van der Waals surface area contributed by atoms with Gasteiger partial charge in [-0.05, 0) is 42.0 Å². The third-order valence-corrected chi connectivity index (χ3v) is 7.56. The molecule has 5 aromatic rings. The number of hydrogen-bond donors (Lipinski definition) is 1. The van der Waals surface area contributed by atoms with Gasteiger partial charge in [-0.2, -0.15) is 5.10 Å². The highest BCUT2D eigenvalue weighted by atomic mass is 32.2. The van der Waals surface area contributed by atoms with E-state index in [0.717, 1.165) is 45.4 Å². The molecule has 0 saturated carbocycles. The maximum Gasteiger partial charge on any atom is 0.186 e. The Hall–Kier alpha value is -3.50. The van der Waals surface area contributed by atoms with E-state index >= 15 is 0 Å². The van der Waals surface area contributed by atoms with Gasteiger partial charge in [-0.3, -0.25) is 5.10 Å². The summed E-state index contributed by atoms with van der Waals surface area (Å²) in [6.07, 6.45) is 5.63. The second-order valence-corrected chi connectivity index (χ2v) is 10.1. The molecule has 0 bridgehead atoms. The molecule has 0 fully saturated rings. The maximum absolute atomic E-state index is 13.3. The van der Waals surface area contributed by atoms with E-state index < -0.39 is 9.84 Å². The number of aromatic nitrogens is 5. The molecule has 0 amide bonds. The molecule has 0 aliphatic carbocycles. The topological polar surface area (TPSA) is 101 Å². The molecule has 5 rings (SSSR count). The summed E-state index contributed by atoms with van der Waals surface area (Å²) >= 11 is 1.07. The van der Waals surface area contributed by atoms with Gasteiger partial charge < -0.3 is 0 Å². The predicted molar refractivity (Wildman–Crippen MR) is 117 cm³/mol. The number of fused-ring (bicyclic) bond motifs is 1. The van der Waals surface area contributed by atoms with Gasteiger partial charge in [0.25, 0.3) is 0 Å². The monoisotopic (exact) mass is 451 g/mol. The van der Waals surface area contributed by atoms with E-state index in [1.54, 1.807) is 18.3 Å². The SMILES string of the molecule is CS(=O)(=O)c1cnc(-c2ncnc3ccc(-c4cn[nH]c4-c4ccc(F)cc4)cc23)s1. The van der Waals surface area contributed by atoms with Crippen LogP contribution in [0.15, 0.2) is 65.4 Å². The summed E-state index contributed by atoms with van der Waals surface area (Å²) in [5.41, 5.74) is 4.51. The van der Waals surface area contributed by atoms with Crippen molar-refractivity contribution in [1.82, 2.24) is 25.1 Å². The molecule has 0 aliphatic rings. The molecule has 7 nitrogen and oxygen atoms in total. The molecule has 0 aliphatic heterocycles. The van der Waals surface area contributed by atoms with Crippen LogP contribution in [0.3, 0.4) is 0 Å². The zero-order chi connectivity index (χ0) is 21.6. The molecule has 31 heavy (non-hydrogen) atoms. The molecule has 0 unspecified atom stereocenters. The van der Waals surface area contributed by atoms with E-state index in [1.807, 2.05) is 18.2 Å². The number of nitrogens with one attached hydrogen (secondary N) is 1. The second-order valence-electron chi connectivity index (χ2n) is 6.88. The fourth-order valence-electron chi connectivity index (χ4n) is 3.28. The highest BCUT2D eigenvalue weighted by Gasteiger charge is 2.17. The van der Waals surface area contributed by atoms with Crippen molar-refractivity contribution in [3.8, 4) is 33.1 Å². The van der Waals surface area contributed by atoms with Crippen molar-refractivity contribution in [1.29, 1.82) is 0 Å². The lowest BCUT2D eigenvalue weighted by atomic mass is 10.00. The van der Waals surface area contributed by atoms with Crippen molar-refractivity contribution in [3.05, 3.63) is 67.0 Å². The Morgan fingerprint density at radius 3 is 2.48 bits per heavy atom. The largest absolute Gasteiger partial charge is 0.277 e. The third kappa shape index (κ3) is 3.60. The molecule has 0 saturated heterocycles. The first-order chi connectivity index (χ1) is 14.9. The molecule has 2 aromatic carbocycles. The summed E-state index contributed by atoms with van der Waals surface area (Å²) < 4.78 is 37.2. The number of thiazole rings is 1. The quantitative estimate of drug-likeness (QED) is 0.436. The highest BCUT2D eigenvalue weighted by molar-refractivity contribution is 7.92. The maximum atomic E-state index is 13.3. The van der Waals surface area contributed by atoms with Crippen molar-refractivity contribution in [2.45, 2.75) is 4.21 Å². The van der Waals surface area contributed by atoms with Crippen LogP contribution >= 0.6 is 11.3 Å². The van der Waals surface area contributed by atoms with Crippen molar-refractivity contribution < 1.29 is 12.8 Å². The Balaban J connectivity index is 1.65. The minimum absolute atomic E-state index is 0.179. The lowest BCUT2D eigenvalue weighted by Crippen LogP contribution is -1.92.